The number of hydrogen-bond acceptors (Lipinski definition) is 5. The lowest BCUT2D eigenvalue weighted by molar-refractivity contribution is 0.0889. The van der Waals surface area contributed by atoms with Crippen molar-refractivity contribution in [1.29, 1.82) is 0 Å². The highest BCUT2D eigenvalue weighted by Crippen LogP contribution is 2.26. The summed E-state index contributed by atoms with van der Waals surface area (Å²) in [7, 11) is 1.30. The molecule has 1 atom stereocenters. The van der Waals surface area contributed by atoms with Crippen LogP contribution < -0.4 is 5.32 Å². The molecule has 1 N–H and O–H groups in total. The van der Waals surface area contributed by atoms with E-state index in [1.54, 1.807) is 0 Å². The third kappa shape index (κ3) is 3.92. The summed E-state index contributed by atoms with van der Waals surface area (Å²) in [5.74, 6) is 1.54. The van der Waals surface area contributed by atoms with E-state index in [9.17, 15) is 4.79 Å². The van der Waals surface area contributed by atoms with Gasteiger partial charge in [0.15, 0.2) is 5.76 Å². The average molecular weight is 316 g/mol. The Morgan fingerprint density at radius 1 is 1.30 bits per heavy atom. The van der Waals surface area contributed by atoms with Crippen molar-refractivity contribution in [3.8, 4) is 0 Å². The van der Waals surface area contributed by atoms with E-state index in [0.717, 1.165) is 17.1 Å². The van der Waals surface area contributed by atoms with Gasteiger partial charge in [0.2, 0.25) is 0 Å². The summed E-state index contributed by atoms with van der Waals surface area (Å²) in [6.45, 7) is 8.18. The maximum atomic E-state index is 11.5. The molecule has 1 heterocycles. The molecule has 124 valence electrons. The number of aryl methyl sites for hydroxylation is 1. The lowest BCUT2D eigenvalue weighted by atomic mass is 9.98. The number of hydrogen-bond donors (Lipinski definition) is 1. The molecule has 1 aliphatic rings. The second-order valence-electron chi connectivity index (χ2n) is 5.91. The normalized spacial score (nSPS) is 17.7. The zero-order valence-electron chi connectivity index (χ0n) is 14.3. The summed E-state index contributed by atoms with van der Waals surface area (Å²) in [5.41, 5.74) is 3.08. The highest BCUT2D eigenvalue weighted by atomic mass is 16.7. The first-order chi connectivity index (χ1) is 11.0. The van der Waals surface area contributed by atoms with E-state index < -0.39 is 6.16 Å². The van der Waals surface area contributed by atoms with E-state index in [-0.39, 0.29) is 12.0 Å². The Labute approximate surface area is 137 Å². The number of methoxy groups -OCH3 is 1. The van der Waals surface area contributed by atoms with E-state index in [1.807, 2.05) is 19.1 Å². The Morgan fingerprint density at radius 2 is 1.96 bits per heavy atom. The molecule has 0 saturated heterocycles. The molecule has 0 aliphatic carbocycles. The van der Waals surface area contributed by atoms with Gasteiger partial charge in [-0.05, 0) is 19.3 Å². The zero-order valence-corrected chi connectivity index (χ0v) is 14.3. The molecule has 2 rings (SSSR count). The molecule has 1 unspecified atom stereocenters. The molecule has 0 saturated carbocycles. The maximum absolute atomic E-state index is 11.5. The van der Waals surface area contributed by atoms with Gasteiger partial charge in [-0.2, -0.15) is 0 Å². The van der Waals surface area contributed by atoms with Crippen LogP contribution in [0, 0.1) is 12.8 Å². The molecule has 1 aromatic rings. The van der Waals surface area contributed by atoms with Gasteiger partial charge in [0.05, 0.1) is 12.8 Å². The molecule has 5 nitrogen and oxygen atoms in total. The molecule has 0 amide bonds. The molecule has 0 aromatic heterocycles. The maximum Gasteiger partial charge on any atom is 0.513 e. The van der Waals surface area contributed by atoms with Crippen molar-refractivity contribution in [2.24, 2.45) is 10.9 Å². The van der Waals surface area contributed by atoms with Gasteiger partial charge in [-0.3, -0.25) is 4.99 Å². The number of ether oxygens (including phenoxy) is 2. The third-order valence-corrected chi connectivity index (χ3v) is 3.77. The Hall–Kier alpha value is -2.30. The molecular weight excluding hydrogens is 292 g/mol. The van der Waals surface area contributed by atoms with E-state index in [4.69, 9.17) is 9.73 Å². The van der Waals surface area contributed by atoms with E-state index in [0.29, 0.717) is 12.2 Å². The lowest BCUT2D eigenvalue weighted by Crippen LogP contribution is -2.37. The van der Waals surface area contributed by atoms with Crippen LogP contribution in [-0.2, 0) is 9.47 Å². The molecule has 1 aromatic carbocycles. The van der Waals surface area contributed by atoms with Crippen LogP contribution in [0.25, 0.3) is 0 Å². The van der Waals surface area contributed by atoms with Gasteiger partial charge in [0, 0.05) is 5.56 Å². The predicted molar refractivity (Wildman–Crippen MR) is 90.3 cm³/mol. The number of amidine groups is 1. The second kappa shape index (κ2) is 7.31. The largest absolute Gasteiger partial charge is 0.513 e. The van der Waals surface area contributed by atoms with E-state index in [1.165, 1.54) is 12.7 Å². The van der Waals surface area contributed by atoms with Gasteiger partial charge in [-0.15, -0.1) is 0 Å². The molecular formula is C18H24N2O3. The second-order valence-corrected chi connectivity index (χ2v) is 5.91. The number of nitrogens with one attached hydrogen (secondary N) is 1. The minimum absolute atomic E-state index is 0.193. The van der Waals surface area contributed by atoms with E-state index in [2.05, 4.69) is 43.0 Å². The molecule has 0 spiro atoms. The number of aliphatic imine (C=N–C) groups is 1. The van der Waals surface area contributed by atoms with Crippen LogP contribution in [-0.4, -0.2) is 25.1 Å². The van der Waals surface area contributed by atoms with Crippen LogP contribution in [0.15, 0.2) is 40.7 Å². The van der Waals surface area contributed by atoms with Crippen LogP contribution >= 0.6 is 0 Å². The SMILES string of the molecule is CCC1=C(OC(=O)OC)C(C(C)C)N=C(c2ccc(C)cc2)N1. The lowest BCUT2D eigenvalue weighted by Gasteiger charge is -2.29. The van der Waals surface area contributed by atoms with Crippen molar-refractivity contribution in [3.63, 3.8) is 0 Å². The van der Waals surface area contributed by atoms with Crippen molar-refractivity contribution in [2.75, 3.05) is 7.11 Å². The number of carbonyl (C=O) groups excluding carboxylic acids is 1. The van der Waals surface area contributed by atoms with Gasteiger partial charge in [0.1, 0.15) is 11.9 Å². The average Bonchev–Trinajstić information content (AvgIpc) is 2.55. The van der Waals surface area contributed by atoms with Crippen molar-refractivity contribution in [3.05, 3.63) is 46.8 Å². The summed E-state index contributed by atoms with van der Waals surface area (Å²) < 4.78 is 10.00. The summed E-state index contributed by atoms with van der Waals surface area (Å²) in [6.07, 6.45) is -0.00662. The fraction of sp³-hybridized carbons (Fsp3) is 0.444. The van der Waals surface area contributed by atoms with Crippen LogP contribution in [0.4, 0.5) is 4.79 Å². The Balaban J connectivity index is 2.38. The zero-order chi connectivity index (χ0) is 17.0. The number of nitrogens with zero attached hydrogens (tertiary/aromatic N) is 1. The first-order valence-corrected chi connectivity index (χ1v) is 7.87. The van der Waals surface area contributed by atoms with Crippen molar-refractivity contribution >= 4 is 12.0 Å². The smallest absolute Gasteiger partial charge is 0.437 e. The standard InChI is InChI=1S/C18H24N2O3/c1-6-14-16(23-18(21)22-5)15(11(2)3)20-17(19-14)13-9-7-12(4)8-10-13/h7-11,15H,6H2,1-5H3,(H,19,20). The van der Waals surface area contributed by atoms with Crippen LogP contribution in [0.2, 0.25) is 0 Å². The number of allylic oxidation sites excluding steroid dienone is 1. The Morgan fingerprint density at radius 3 is 2.48 bits per heavy atom. The van der Waals surface area contributed by atoms with Gasteiger partial charge < -0.3 is 14.8 Å². The summed E-state index contributed by atoms with van der Waals surface area (Å²) in [6, 6.07) is 7.97. The third-order valence-electron chi connectivity index (χ3n) is 3.77. The molecule has 5 heteroatoms. The molecule has 0 radical (unpaired) electrons. The monoisotopic (exact) mass is 316 g/mol. The Kier molecular flexibility index (Phi) is 5.42. The number of benzene rings is 1. The highest BCUT2D eigenvalue weighted by Gasteiger charge is 2.30. The van der Waals surface area contributed by atoms with Crippen molar-refractivity contribution < 1.29 is 14.3 Å². The first kappa shape index (κ1) is 17.1. The topological polar surface area (TPSA) is 59.9 Å². The van der Waals surface area contributed by atoms with Crippen LogP contribution in [0.5, 0.6) is 0 Å². The molecule has 1 aliphatic heterocycles. The van der Waals surface area contributed by atoms with Crippen LogP contribution in [0.3, 0.4) is 0 Å². The molecule has 23 heavy (non-hydrogen) atoms. The first-order valence-electron chi connectivity index (χ1n) is 7.87. The highest BCUT2D eigenvalue weighted by molar-refractivity contribution is 6.00. The van der Waals surface area contributed by atoms with Crippen molar-refractivity contribution in [1.82, 2.24) is 5.32 Å². The number of carbonyl (C=O) groups is 1. The van der Waals surface area contributed by atoms with Gasteiger partial charge in [-0.1, -0.05) is 50.6 Å². The van der Waals surface area contributed by atoms with Crippen LogP contribution in [0.1, 0.15) is 38.3 Å². The fourth-order valence-electron chi connectivity index (χ4n) is 2.44. The quantitative estimate of drug-likeness (QED) is 0.859. The van der Waals surface area contributed by atoms with Gasteiger partial charge in [0.25, 0.3) is 0 Å². The van der Waals surface area contributed by atoms with Crippen molar-refractivity contribution in [2.45, 2.75) is 40.2 Å². The minimum atomic E-state index is -0.715. The predicted octanol–water partition coefficient (Wildman–Crippen LogP) is 3.77. The van der Waals surface area contributed by atoms with Gasteiger partial charge >= 0.3 is 6.16 Å². The summed E-state index contributed by atoms with van der Waals surface area (Å²) >= 11 is 0. The van der Waals surface area contributed by atoms with Gasteiger partial charge in [-0.25, -0.2) is 4.79 Å². The minimum Gasteiger partial charge on any atom is -0.437 e. The Bertz CT molecular complexity index is 630. The number of rotatable bonds is 4. The molecule has 0 bridgehead atoms. The van der Waals surface area contributed by atoms with E-state index >= 15 is 0 Å². The molecule has 0 fully saturated rings. The summed E-state index contributed by atoms with van der Waals surface area (Å²) in [4.78, 5) is 16.3. The summed E-state index contributed by atoms with van der Waals surface area (Å²) in [5, 5.41) is 3.30. The fourth-order valence-corrected chi connectivity index (χ4v) is 2.44.